The third-order valence-electron chi connectivity index (χ3n) is 9.92. The zero-order valence-electron chi connectivity index (χ0n) is 28.8. The molecule has 266 valence electrons. The van der Waals surface area contributed by atoms with E-state index in [1.807, 2.05) is 20.8 Å². The Labute approximate surface area is 283 Å². The lowest BCUT2D eigenvalue weighted by Gasteiger charge is -2.40. The highest BCUT2D eigenvalue weighted by atomic mass is 28.4. The molecule has 2 aliphatic rings. The Balaban J connectivity index is 0.000000199. The van der Waals surface area contributed by atoms with Crippen molar-refractivity contribution in [2.45, 2.75) is 115 Å². The standard InChI is InChI=1S/C18H28N4O5Si.C13H16N4O4/c1-7-13-15(23)16(27-28(5,6)18(2,3)4)17(26-13)21-11-9-8-10-12(22(24)25)14(11)19-20-21;1-3-10-7(2)12(18)13(21-10)16-8-5-4-6-9(17(19)20)11(8)14-15-16/h8-10,13,15-17,23H,7H2,1-6H3;4-7,10,12-13,18H,3H2,1-2H3/t13-,15-,16-,17-;7-,10-,12-,13-/m11/s1. The number of fused-ring (bicyclic) bond motifs is 2. The first-order valence-electron chi connectivity index (χ1n) is 16.3. The summed E-state index contributed by atoms with van der Waals surface area (Å²) in [5.74, 6) is -0.0297. The molecule has 0 unspecified atom stereocenters. The first-order chi connectivity index (χ1) is 23.0. The van der Waals surface area contributed by atoms with Crippen molar-refractivity contribution in [1.82, 2.24) is 30.0 Å². The van der Waals surface area contributed by atoms with E-state index in [1.54, 1.807) is 24.3 Å². The van der Waals surface area contributed by atoms with Crippen LogP contribution in [-0.2, 0) is 13.9 Å². The zero-order chi connectivity index (χ0) is 36.0. The summed E-state index contributed by atoms with van der Waals surface area (Å²) in [4.78, 5) is 21.3. The molecule has 2 saturated heterocycles. The highest BCUT2D eigenvalue weighted by Gasteiger charge is 2.50. The molecule has 6 rings (SSSR count). The van der Waals surface area contributed by atoms with Crippen molar-refractivity contribution >= 4 is 41.8 Å². The first kappa shape index (κ1) is 36.3. The number of non-ortho nitro benzene ring substituents is 2. The molecule has 0 amide bonds. The average molecular weight is 701 g/mol. The monoisotopic (exact) mass is 700 g/mol. The van der Waals surface area contributed by atoms with E-state index in [0.717, 1.165) is 6.42 Å². The summed E-state index contributed by atoms with van der Waals surface area (Å²) >= 11 is 0. The number of nitro groups is 2. The van der Waals surface area contributed by atoms with Gasteiger partial charge >= 0.3 is 0 Å². The molecule has 2 aliphatic heterocycles. The van der Waals surface area contributed by atoms with Crippen molar-refractivity contribution in [3.05, 3.63) is 56.6 Å². The molecule has 49 heavy (non-hydrogen) atoms. The molecule has 18 heteroatoms. The molecule has 0 saturated carbocycles. The van der Waals surface area contributed by atoms with Crippen LogP contribution >= 0.6 is 0 Å². The van der Waals surface area contributed by atoms with Crippen LogP contribution in [0.2, 0.25) is 18.1 Å². The first-order valence-corrected chi connectivity index (χ1v) is 19.2. The van der Waals surface area contributed by atoms with Gasteiger partial charge in [0.05, 0.1) is 33.1 Å². The summed E-state index contributed by atoms with van der Waals surface area (Å²) in [6, 6.07) is 9.33. The number of aliphatic hydroxyl groups excluding tert-OH is 2. The van der Waals surface area contributed by atoms with Crippen LogP contribution in [0.3, 0.4) is 0 Å². The zero-order valence-corrected chi connectivity index (χ0v) is 29.8. The van der Waals surface area contributed by atoms with Gasteiger partial charge in [-0.15, -0.1) is 10.2 Å². The van der Waals surface area contributed by atoms with E-state index >= 15 is 0 Å². The Morgan fingerprint density at radius 3 is 1.73 bits per heavy atom. The summed E-state index contributed by atoms with van der Waals surface area (Å²) < 4.78 is 21.4. The molecule has 2 fully saturated rings. The number of ether oxygens (including phenoxy) is 2. The Kier molecular flexibility index (Phi) is 10.2. The Morgan fingerprint density at radius 2 is 1.31 bits per heavy atom. The van der Waals surface area contributed by atoms with Gasteiger partial charge in [-0.05, 0) is 43.1 Å². The molecule has 17 nitrogen and oxygen atoms in total. The van der Waals surface area contributed by atoms with Crippen LogP contribution in [0.1, 0.15) is 66.8 Å². The number of hydrogen-bond donors (Lipinski definition) is 2. The smallest absolute Gasteiger partial charge is 0.299 e. The molecule has 4 heterocycles. The van der Waals surface area contributed by atoms with Gasteiger partial charge < -0.3 is 24.1 Å². The Morgan fingerprint density at radius 1 is 0.837 bits per heavy atom. The maximum absolute atomic E-state index is 11.3. The molecular formula is C31H44N8O9Si. The number of rotatable bonds is 8. The van der Waals surface area contributed by atoms with Gasteiger partial charge in [0.2, 0.25) is 0 Å². The summed E-state index contributed by atoms with van der Waals surface area (Å²) in [6.07, 6.45) is -2.63. The van der Waals surface area contributed by atoms with Gasteiger partial charge in [-0.2, -0.15) is 0 Å². The van der Waals surface area contributed by atoms with E-state index in [0.29, 0.717) is 17.5 Å². The van der Waals surface area contributed by atoms with E-state index in [-0.39, 0.29) is 39.5 Å². The lowest BCUT2D eigenvalue weighted by Crippen LogP contribution is -2.48. The maximum atomic E-state index is 11.3. The number of nitrogens with zero attached hydrogens (tertiary/aromatic N) is 8. The fourth-order valence-corrected chi connectivity index (χ4v) is 7.29. The minimum Gasteiger partial charge on any atom is -0.406 e. The normalized spacial score (nSPS) is 27.4. The Bertz CT molecular complexity index is 1830. The number of nitro benzene ring substituents is 2. The second kappa shape index (κ2) is 13.8. The lowest BCUT2D eigenvalue weighted by molar-refractivity contribution is -0.383. The molecule has 0 spiro atoms. The predicted octanol–water partition coefficient (Wildman–Crippen LogP) is 5.04. The van der Waals surface area contributed by atoms with Gasteiger partial charge in [0.1, 0.15) is 18.3 Å². The molecule has 2 aromatic heterocycles. The minimum atomic E-state index is -2.21. The summed E-state index contributed by atoms with van der Waals surface area (Å²) in [5, 5.41) is 59.4. The molecule has 4 aromatic rings. The summed E-state index contributed by atoms with van der Waals surface area (Å²) in [7, 11) is -2.21. The van der Waals surface area contributed by atoms with Crippen molar-refractivity contribution in [2.75, 3.05) is 0 Å². The van der Waals surface area contributed by atoms with E-state index in [2.05, 4.69) is 54.5 Å². The third kappa shape index (κ3) is 6.67. The Hall–Kier alpha value is -3.94. The highest BCUT2D eigenvalue weighted by Crippen LogP contribution is 2.43. The SMILES string of the molecule is CC[C@H]1O[C@@H](n2nnc3c([N+](=O)[O-])cccc32)[C@H](O)[C@@H]1C.CC[C@H]1O[C@@H](n2nnc3c([N+](=O)[O-])cccc32)[C@H](O[Si](C)(C)C(C)(C)C)[C@@H]1O. The van der Waals surface area contributed by atoms with Gasteiger partial charge in [-0.3, -0.25) is 20.2 Å². The minimum absolute atomic E-state index is 0.0297. The lowest BCUT2D eigenvalue weighted by atomic mass is 9.99. The van der Waals surface area contributed by atoms with Crippen LogP contribution in [0.5, 0.6) is 0 Å². The molecule has 0 bridgehead atoms. The fraction of sp³-hybridized carbons (Fsp3) is 0.613. The van der Waals surface area contributed by atoms with Crippen molar-refractivity contribution in [1.29, 1.82) is 0 Å². The number of hydrogen-bond acceptors (Lipinski definition) is 13. The van der Waals surface area contributed by atoms with E-state index in [9.17, 15) is 30.4 Å². The van der Waals surface area contributed by atoms with Crippen LogP contribution < -0.4 is 0 Å². The molecule has 0 aliphatic carbocycles. The van der Waals surface area contributed by atoms with Crippen LogP contribution in [0, 0.1) is 26.1 Å². The van der Waals surface area contributed by atoms with Gasteiger partial charge in [-0.25, -0.2) is 9.36 Å². The maximum Gasteiger partial charge on any atom is 0.299 e. The van der Waals surface area contributed by atoms with Crippen LogP contribution in [0.15, 0.2) is 36.4 Å². The van der Waals surface area contributed by atoms with Crippen molar-refractivity contribution in [2.24, 2.45) is 5.92 Å². The van der Waals surface area contributed by atoms with Gasteiger partial charge in [0.15, 0.2) is 31.8 Å². The molecular weight excluding hydrogens is 656 g/mol. The topological polar surface area (TPSA) is 216 Å². The van der Waals surface area contributed by atoms with E-state index in [4.69, 9.17) is 13.9 Å². The second-order valence-corrected chi connectivity index (χ2v) is 18.8. The van der Waals surface area contributed by atoms with E-state index in [1.165, 1.54) is 21.5 Å². The molecule has 8 atom stereocenters. The van der Waals surface area contributed by atoms with Crippen molar-refractivity contribution in [3.63, 3.8) is 0 Å². The quantitative estimate of drug-likeness (QED) is 0.140. The fourth-order valence-electron chi connectivity index (χ4n) is 6.00. The molecule has 2 N–H and O–H groups in total. The molecule has 0 radical (unpaired) electrons. The third-order valence-corrected chi connectivity index (χ3v) is 14.4. The van der Waals surface area contributed by atoms with Crippen molar-refractivity contribution < 1.29 is 34.0 Å². The van der Waals surface area contributed by atoms with Gasteiger partial charge in [0.25, 0.3) is 11.4 Å². The number of benzene rings is 2. The van der Waals surface area contributed by atoms with Gasteiger partial charge in [0, 0.05) is 18.1 Å². The van der Waals surface area contributed by atoms with Crippen molar-refractivity contribution in [3.8, 4) is 0 Å². The van der Waals surface area contributed by atoms with E-state index < -0.39 is 55.0 Å². The van der Waals surface area contributed by atoms with Crippen LogP contribution in [0.4, 0.5) is 11.4 Å². The number of aromatic nitrogens is 6. The largest absolute Gasteiger partial charge is 0.406 e. The van der Waals surface area contributed by atoms with Gasteiger partial charge in [-0.1, -0.05) is 64.1 Å². The second-order valence-electron chi connectivity index (χ2n) is 14.0. The van der Waals surface area contributed by atoms with Crippen LogP contribution in [0.25, 0.3) is 22.1 Å². The summed E-state index contributed by atoms with van der Waals surface area (Å²) in [5.41, 5.74) is 1.13. The van der Waals surface area contributed by atoms with Crippen LogP contribution in [-0.4, -0.2) is 88.9 Å². The molecule has 2 aromatic carbocycles. The predicted molar refractivity (Wildman–Crippen MR) is 180 cm³/mol. The summed E-state index contributed by atoms with van der Waals surface area (Å²) in [6.45, 7) is 16.4. The number of aliphatic hydroxyl groups is 2. The highest BCUT2D eigenvalue weighted by molar-refractivity contribution is 6.74. The average Bonchev–Trinajstić information content (AvgIpc) is 3.81.